The van der Waals surface area contributed by atoms with Gasteiger partial charge in [-0.3, -0.25) is 5.84 Å². The van der Waals surface area contributed by atoms with Crippen LogP contribution in [0.5, 0.6) is 0 Å². The molecule has 1 aromatic heterocycles. The number of hydrogen-bond acceptors (Lipinski definition) is 5. The van der Waals surface area contributed by atoms with Crippen LogP contribution in [0, 0.1) is 0 Å². The first-order valence-electron chi connectivity index (χ1n) is 5.57. The monoisotopic (exact) mass is 244 g/mol. The van der Waals surface area contributed by atoms with E-state index in [0.29, 0.717) is 12.2 Å². The minimum atomic E-state index is 0.682. The van der Waals surface area contributed by atoms with Gasteiger partial charge in [-0.2, -0.15) is 0 Å². The molecule has 18 heavy (non-hydrogen) atoms. The highest BCUT2D eigenvalue weighted by molar-refractivity contribution is 5.66. The number of nitrogens with one attached hydrogen (secondary N) is 2. The number of hydrogen-bond donors (Lipinski definition) is 4. The smallest absolute Gasteiger partial charge is 0.0952 e. The van der Waals surface area contributed by atoms with Gasteiger partial charge in [0.05, 0.1) is 18.2 Å². The average Bonchev–Trinajstić information content (AvgIpc) is 2.92. The fourth-order valence-electron chi connectivity index (χ4n) is 1.62. The lowest BCUT2D eigenvalue weighted by atomic mass is 10.1. The summed E-state index contributed by atoms with van der Waals surface area (Å²) in [7, 11) is 0. The summed E-state index contributed by atoms with van der Waals surface area (Å²) in [6.45, 7) is 0.706. The van der Waals surface area contributed by atoms with Crippen molar-refractivity contribution < 1.29 is 4.42 Å². The zero-order valence-corrected chi connectivity index (χ0v) is 9.89. The highest BCUT2D eigenvalue weighted by Crippen LogP contribution is 2.16. The van der Waals surface area contributed by atoms with E-state index in [4.69, 9.17) is 16.0 Å². The summed E-state index contributed by atoms with van der Waals surface area (Å²) in [6.07, 6.45) is 4.81. The number of anilines is 1. The lowest BCUT2D eigenvalue weighted by Gasteiger charge is -2.09. The molecule has 0 spiro atoms. The van der Waals surface area contributed by atoms with Crippen molar-refractivity contribution in [3.05, 3.63) is 60.2 Å². The van der Waals surface area contributed by atoms with Gasteiger partial charge in [0.25, 0.3) is 0 Å². The van der Waals surface area contributed by atoms with Crippen molar-refractivity contribution in [2.24, 2.45) is 11.6 Å². The van der Waals surface area contributed by atoms with Gasteiger partial charge in [0.2, 0.25) is 0 Å². The lowest BCUT2D eigenvalue weighted by molar-refractivity contribution is 0.564. The van der Waals surface area contributed by atoms with Gasteiger partial charge >= 0.3 is 0 Å². The van der Waals surface area contributed by atoms with E-state index in [2.05, 4.69) is 10.7 Å². The summed E-state index contributed by atoms with van der Waals surface area (Å²) in [5.74, 6) is 5.39. The van der Waals surface area contributed by atoms with Crippen LogP contribution in [0.1, 0.15) is 11.1 Å². The molecular formula is C13H16N4O. The van der Waals surface area contributed by atoms with Crippen LogP contribution in [0.3, 0.4) is 0 Å². The maximum Gasteiger partial charge on any atom is 0.0952 e. The van der Waals surface area contributed by atoms with Gasteiger partial charge in [-0.1, -0.05) is 12.1 Å². The fraction of sp³-hybridized carbons (Fsp3) is 0.0769. The zero-order chi connectivity index (χ0) is 12.8. The minimum Gasteiger partial charge on any atom is -0.472 e. The molecule has 1 aromatic carbocycles. The van der Waals surface area contributed by atoms with Gasteiger partial charge in [0.1, 0.15) is 0 Å². The molecule has 0 radical (unpaired) electrons. The molecule has 0 amide bonds. The molecule has 1 heterocycles. The predicted octanol–water partition coefficient (Wildman–Crippen LogP) is 1.61. The molecule has 0 saturated heterocycles. The van der Waals surface area contributed by atoms with Crippen LogP contribution in [0.25, 0.3) is 5.70 Å². The van der Waals surface area contributed by atoms with Crippen LogP contribution < -0.4 is 22.3 Å². The van der Waals surface area contributed by atoms with Gasteiger partial charge in [0.15, 0.2) is 0 Å². The van der Waals surface area contributed by atoms with E-state index in [1.54, 1.807) is 12.5 Å². The molecule has 94 valence electrons. The van der Waals surface area contributed by atoms with Gasteiger partial charge < -0.3 is 20.9 Å². The molecule has 5 heteroatoms. The van der Waals surface area contributed by atoms with E-state index in [1.807, 2.05) is 30.3 Å². The number of hydrazine groups is 1. The summed E-state index contributed by atoms with van der Waals surface area (Å²) in [6, 6.07) is 9.74. The van der Waals surface area contributed by atoms with Crippen molar-refractivity contribution in [3.63, 3.8) is 0 Å². The standard InChI is InChI=1S/C13H16N4O/c14-7-13(17-15)11-2-1-3-12(6-11)16-8-10-4-5-18-9-10/h1-7,9,16-17H,8,14-15H2/b13-7-. The molecule has 0 aliphatic heterocycles. The van der Waals surface area contributed by atoms with Crippen LogP contribution >= 0.6 is 0 Å². The second-order valence-electron chi connectivity index (χ2n) is 3.79. The first-order valence-corrected chi connectivity index (χ1v) is 5.57. The molecule has 5 nitrogen and oxygen atoms in total. The normalized spacial score (nSPS) is 11.3. The molecule has 0 atom stereocenters. The maximum absolute atomic E-state index is 5.48. The molecule has 6 N–H and O–H groups in total. The topological polar surface area (TPSA) is 89.2 Å². The Balaban J connectivity index is 2.07. The molecule has 0 unspecified atom stereocenters. The van der Waals surface area contributed by atoms with E-state index in [1.165, 1.54) is 6.20 Å². The van der Waals surface area contributed by atoms with E-state index >= 15 is 0 Å². The van der Waals surface area contributed by atoms with Gasteiger partial charge in [0, 0.05) is 29.6 Å². The van der Waals surface area contributed by atoms with E-state index in [9.17, 15) is 0 Å². The SMILES string of the molecule is N/C=C(\NN)c1cccc(NCc2ccoc2)c1. The maximum atomic E-state index is 5.48. The van der Waals surface area contributed by atoms with Gasteiger partial charge in [-0.15, -0.1) is 0 Å². The van der Waals surface area contributed by atoms with Crippen LogP contribution in [0.2, 0.25) is 0 Å². The quantitative estimate of drug-likeness (QED) is 0.474. The fourth-order valence-corrected chi connectivity index (χ4v) is 1.62. The van der Waals surface area contributed by atoms with Crippen LogP contribution in [-0.4, -0.2) is 0 Å². The molecule has 0 bridgehead atoms. The Morgan fingerprint density at radius 2 is 2.22 bits per heavy atom. The van der Waals surface area contributed by atoms with E-state index < -0.39 is 0 Å². The molecule has 2 aromatic rings. The van der Waals surface area contributed by atoms with Crippen molar-refractivity contribution in [2.45, 2.75) is 6.54 Å². The third kappa shape index (κ3) is 2.83. The molecule has 0 aliphatic rings. The Labute approximate surface area is 105 Å². The van der Waals surface area contributed by atoms with Crippen molar-refractivity contribution in [2.75, 3.05) is 5.32 Å². The molecule has 2 rings (SSSR count). The highest BCUT2D eigenvalue weighted by atomic mass is 16.3. The Bertz CT molecular complexity index is 520. The van der Waals surface area contributed by atoms with Crippen LogP contribution in [0.15, 0.2) is 53.5 Å². The third-order valence-corrected chi connectivity index (χ3v) is 2.57. The highest BCUT2D eigenvalue weighted by Gasteiger charge is 2.01. The Morgan fingerprint density at radius 3 is 2.89 bits per heavy atom. The zero-order valence-electron chi connectivity index (χ0n) is 9.89. The van der Waals surface area contributed by atoms with Gasteiger partial charge in [-0.25, -0.2) is 0 Å². The Kier molecular flexibility index (Phi) is 3.88. The Morgan fingerprint density at radius 1 is 1.33 bits per heavy atom. The first-order chi connectivity index (χ1) is 8.83. The molecule has 0 aliphatic carbocycles. The Hall–Kier alpha value is -2.40. The third-order valence-electron chi connectivity index (χ3n) is 2.57. The van der Waals surface area contributed by atoms with E-state index in [0.717, 1.165) is 16.8 Å². The summed E-state index contributed by atoms with van der Waals surface area (Å²) in [4.78, 5) is 0. The first kappa shape index (κ1) is 12.1. The molecule has 0 fully saturated rings. The van der Waals surface area contributed by atoms with Crippen LogP contribution in [-0.2, 0) is 6.54 Å². The average molecular weight is 244 g/mol. The second kappa shape index (κ2) is 5.79. The summed E-state index contributed by atoms with van der Waals surface area (Å²) < 4.78 is 5.01. The van der Waals surface area contributed by atoms with E-state index in [-0.39, 0.29) is 0 Å². The van der Waals surface area contributed by atoms with Crippen molar-refractivity contribution in [1.29, 1.82) is 0 Å². The molecule has 0 saturated carbocycles. The van der Waals surface area contributed by atoms with Crippen LogP contribution in [0.4, 0.5) is 5.69 Å². The number of furan rings is 1. The largest absolute Gasteiger partial charge is 0.472 e. The summed E-state index contributed by atoms with van der Waals surface area (Å²) in [5, 5.41) is 3.29. The van der Waals surface area contributed by atoms with Crippen molar-refractivity contribution >= 4 is 11.4 Å². The second-order valence-corrected chi connectivity index (χ2v) is 3.79. The van der Waals surface area contributed by atoms with Gasteiger partial charge in [-0.05, 0) is 18.2 Å². The summed E-state index contributed by atoms with van der Waals surface area (Å²) >= 11 is 0. The summed E-state index contributed by atoms with van der Waals surface area (Å²) in [5.41, 5.74) is 11.7. The minimum absolute atomic E-state index is 0.682. The van der Waals surface area contributed by atoms with Crippen molar-refractivity contribution in [1.82, 2.24) is 5.43 Å². The lowest BCUT2D eigenvalue weighted by Crippen LogP contribution is -2.21. The number of benzene rings is 1. The number of nitrogens with two attached hydrogens (primary N) is 2. The number of rotatable bonds is 5. The predicted molar refractivity (Wildman–Crippen MR) is 72.0 cm³/mol. The molecular weight excluding hydrogens is 228 g/mol. The van der Waals surface area contributed by atoms with Crippen molar-refractivity contribution in [3.8, 4) is 0 Å².